The Bertz CT molecular complexity index is 1600. The van der Waals surface area contributed by atoms with Crippen LogP contribution in [-0.4, -0.2) is 55.5 Å². The molecule has 0 bridgehead atoms. The number of carbonyl (C=O) groups is 2. The minimum Gasteiger partial charge on any atom is -0.392 e. The van der Waals surface area contributed by atoms with E-state index in [1.807, 2.05) is 55.6 Å². The van der Waals surface area contributed by atoms with Crippen molar-refractivity contribution in [2.24, 2.45) is 7.05 Å². The fourth-order valence-corrected chi connectivity index (χ4v) is 6.24. The van der Waals surface area contributed by atoms with Crippen LogP contribution in [0.25, 0.3) is 11.1 Å². The second kappa shape index (κ2) is 17.2. The summed E-state index contributed by atoms with van der Waals surface area (Å²) >= 11 is 1.55. The normalized spacial score (nSPS) is 17.7. The van der Waals surface area contributed by atoms with Gasteiger partial charge in [-0.05, 0) is 57.2 Å². The number of aryl methyl sites for hydroxylation is 1. The van der Waals surface area contributed by atoms with Crippen LogP contribution in [0.15, 0.2) is 78.0 Å². The molecule has 1 fully saturated rings. The predicted molar refractivity (Wildman–Crippen MR) is 179 cm³/mol. The van der Waals surface area contributed by atoms with Crippen LogP contribution in [0.5, 0.6) is 0 Å². The highest BCUT2D eigenvalue weighted by Gasteiger charge is 2.32. The molecule has 0 unspecified atom stereocenters. The number of aliphatic hydroxyl groups excluding tert-OH is 1. The predicted octanol–water partition coefficient (Wildman–Crippen LogP) is 5.02. The van der Waals surface area contributed by atoms with Crippen LogP contribution in [0.2, 0.25) is 0 Å². The molecule has 4 aromatic rings. The van der Waals surface area contributed by atoms with Crippen molar-refractivity contribution in [3.8, 4) is 11.1 Å². The maximum absolute atomic E-state index is 12.4. The van der Waals surface area contributed by atoms with E-state index >= 15 is 0 Å². The summed E-state index contributed by atoms with van der Waals surface area (Å²) in [5.41, 5.74) is 5.94. The lowest BCUT2D eigenvalue weighted by Gasteiger charge is -2.36. The van der Waals surface area contributed by atoms with Gasteiger partial charge in [0, 0.05) is 51.2 Å². The lowest BCUT2D eigenvalue weighted by atomic mass is 9.99. The molecule has 1 aliphatic rings. The highest BCUT2D eigenvalue weighted by Crippen LogP contribution is 2.39. The number of tetrazole rings is 1. The molecule has 47 heavy (non-hydrogen) atoms. The summed E-state index contributed by atoms with van der Waals surface area (Å²) < 4.78 is 14.6. The molecule has 1 saturated heterocycles. The Hall–Kier alpha value is -4.10. The smallest absolute Gasteiger partial charge is 0.220 e. The van der Waals surface area contributed by atoms with E-state index in [1.54, 1.807) is 16.4 Å². The Balaban J connectivity index is 1.20. The van der Waals surface area contributed by atoms with Crippen molar-refractivity contribution in [2.75, 3.05) is 12.3 Å². The largest absolute Gasteiger partial charge is 0.392 e. The number of hydrogen-bond acceptors (Lipinski definition) is 9. The minimum atomic E-state index is -0.560. The van der Waals surface area contributed by atoms with Gasteiger partial charge < -0.3 is 25.2 Å². The Kier molecular flexibility index (Phi) is 12.5. The third-order valence-corrected chi connectivity index (χ3v) is 9.12. The summed E-state index contributed by atoms with van der Waals surface area (Å²) in [6.45, 7) is 2.61. The first-order valence-electron chi connectivity index (χ1n) is 15.9. The van der Waals surface area contributed by atoms with E-state index in [0.717, 1.165) is 57.8 Å². The number of aliphatic hydroxyl groups is 1. The van der Waals surface area contributed by atoms with Crippen LogP contribution in [0.1, 0.15) is 73.7 Å². The van der Waals surface area contributed by atoms with Crippen molar-refractivity contribution < 1.29 is 24.2 Å². The number of unbranched alkanes of at least 4 members (excludes halogenated alkanes) is 2. The summed E-state index contributed by atoms with van der Waals surface area (Å²) in [6.07, 6.45) is 2.86. The molecule has 1 aliphatic heterocycles. The van der Waals surface area contributed by atoms with Gasteiger partial charge in [0.15, 0.2) is 6.29 Å². The van der Waals surface area contributed by atoms with E-state index in [1.165, 1.54) is 6.92 Å². The highest BCUT2D eigenvalue weighted by atomic mass is 32.2. The molecule has 0 spiro atoms. The SMILES string of the molecule is CC(=O)NCCCCCC(=O)NCc1cccc(-c2ccc([C@H]3O[C@@H](CSc4nnnn4C)C[C@@H](c4ccc(CO)cc4)O3)cc2)c1. The van der Waals surface area contributed by atoms with Crippen LogP contribution in [0, 0.1) is 0 Å². The first-order valence-corrected chi connectivity index (χ1v) is 16.9. The number of ether oxygens (including phenoxy) is 2. The van der Waals surface area contributed by atoms with Crippen molar-refractivity contribution in [2.45, 2.75) is 75.8 Å². The van der Waals surface area contributed by atoms with Gasteiger partial charge in [-0.1, -0.05) is 84.9 Å². The van der Waals surface area contributed by atoms with Crippen molar-refractivity contribution in [3.63, 3.8) is 0 Å². The molecule has 12 heteroatoms. The molecular formula is C35H42N6O5S. The van der Waals surface area contributed by atoms with Gasteiger partial charge in [0.1, 0.15) is 0 Å². The molecule has 3 atom stereocenters. The van der Waals surface area contributed by atoms with Crippen molar-refractivity contribution in [1.29, 1.82) is 0 Å². The third-order valence-electron chi connectivity index (χ3n) is 7.98. The zero-order chi connectivity index (χ0) is 33.0. The van der Waals surface area contributed by atoms with E-state index in [0.29, 0.717) is 31.7 Å². The van der Waals surface area contributed by atoms with Gasteiger partial charge in [-0.3, -0.25) is 9.59 Å². The maximum atomic E-state index is 12.4. The zero-order valence-electron chi connectivity index (χ0n) is 26.8. The van der Waals surface area contributed by atoms with E-state index in [2.05, 4.69) is 50.4 Å². The number of rotatable bonds is 15. The average molecular weight is 659 g/mol. The molecule has 0 radical (unpaired) electrons. The maximum Gasteiger partial charge on any atom is 0.220 e. The number of hydrogen-bond donors (Lipinski definition) is 3. The first kappa shape index (κ1) is 34.2. The molecule has 3 aromatic carbocycles. The zero-order valence-corrected chi connectivity index (χ0v) is 27.6. The number of nitrogens with zero attached hydrogens (tertiary/aromatic N) is 4. The molecule has 11 nitrogen and oxygen atoms in total. The lowest BCUT2D eigenvalue weighted by Crippen LogP contribution is -2.31. The van der Waals surface area contributed by atoms with Crippen molar-refractivity contribution in [3.05, 3.63) is 95.1 Å². The molecule has 0 saturated carbocycles. The molecule has 2 amide bonds. The molecule has 3 N–H and O–H groups in total. The number of benzene rings is 3. The van der Waals surface area contributed by atoms with E-state index in [4.69, 9.17) is 9.47 Å². The Morgan fingerprint density at radius 2 is 1.72 bits per heavy atom. The summed E-state index contributed by atoms with van der Waals surface area (Å²) in [7, 11) is 1.82. The summed E-state index contributed by atoms with van der Waals surface area (Å²) in [5.74, 6) is 0.667. The topological polar surface area (TPSA) is 140 Å². The van der Waals surface area contributed by atoms with Gasteiger partial charge in [-0.25, -0.2) is 4.68 Å². The number of aromatic nitrogens is 4. The Morgan fingerprint density at radius 3 is 2.45 bits per heavy atom. The summed E-state index contributed by atoms with van der Waals surface area (Å²) in [5, 5.41) is 27.8. The van der Waals surface area contributed by atoms with Gasteiger partial charge in [-0.2, -0.15) is 0 Å². The van der Waals surface area contributed by atoms with E-state index < -0.39 is 6.29 Å². The monoisotopic (exact) mass is 658 g/mol. The van der Waals surface area contributed by atoms with Crippen molar-refractivity contribution >= 4 is 23.6 Å². The van der Waals surface area contributed by atoms with E-state index in [9.17, 15) is 14.7 Å². The third kappa shape index (κ3) is 10.2. The van der Waals surface area contributed by atoms with Gasteiger partial charge in [-0.15, -0.1) is 5.10 Å². The van der Waals surface area contributed by atoms with Gasteiger partial charge >= 0.3 is 0 Å². The highest BCUT2D eigenvalue weighted by molar-refractivity contribution is 7.99. The second-order valence-electron chi connectivity index (χ2n) is 11.6. The Morgan fingerprint density at radius 1 is 0.936 bits per heavy atom. The Labute approximate surface area is 279 Å². The van der Waals surface area contributed by atoms with E-state index in [-0.39, 0.29) is 30.6 Å². The number of carbonyl (C=O) groups excluding carboxylic acids is 2. The standard InChI is InChI=1S/C35H42N6O5S/c1-24(43)36-18-5-3-4-9-33(44)37-21-26-7-6-8-30(19-26)27-14-16-29(17-15-27)34-45-31(23-47-35-38-39-40-41(35)2)20-32(46-34)28-12-10-25(22-42)11-13-28/h6-8,10-17,19,31-32,34,42H,3-5,9,18,20-23H2,1-2H3,(H,36,43)(H,37,44)/t31-,32+,34+/m1/s1. The van der Waals surface area contributed by atoms with Gasteiger partial charge in [0.05, 0.1) is 18.8 Å². The van der Waals surface area contributed by atoms with Crippen LogP contribution >= 0.6 is 11.8 Å². The van der Waals surface area contributed by atoms with Crippen LogP contribution in [-0.2, 0) is 39.3 Å². The summed E-state index contributed by atoms with van der Waals surface area (Å²) in [6, 6.07) is 24.2. The second-order valence-corrected chi connectivity index (χ2v) is 12.6. The number of nitrogens with one attached hydrogen (secondary N) is 2. The lowest BCUT2D eigenvalue weighted by molar-refractivity contribution is -0.245. The first-order chi connectivity index (χ1) is 22.9. The minimum absolute atomic E-state index is 0.00450. The van der Waals surface area contributed by atoms with Gasteiger partial charge in [0.25, 0.3) is 0 Å². The quantitative estimate of drug-likeness (QED) is 0.119. The number of amides is 2. The fraction of sp³-hybridized carbons (Fsp3) is 0.400. The average Bonchev–Trinajstić information content (AvgIpc) is 3.52. The molecule has 0 aliphatic carbocycles. The molecule has 5 rings (SSSR count). The fourth-order valence-electron chi connectivity index (χ4n) is 5.37. The van der Waals surface area contributed by atoms with Gasteiger partial charge in [0.2, 0.25) is 17.0 Å². The van der Waals surface area contributed by atoms with Crippen molar-refractivity contribution in [1.82, 2.24) is 30.8 Å². The molecular weight excluding hydrogens is 616 g/mol. The van der Waals surface area contributed by atoms with Crippen LogP contribution in [0.4, 0.5) is 0 Å². The molecule has 2 heterocycles. The van der Waals surface area contributed by atoms with Crippen LogP contribution < -0.4 is 10.6 Å². The van der Waals surface area contributed by atoms with Crippen LogP contribution in [0.3, 0.4) is 0 Å². The summed E-state index contributed by atoms with van der Waals surface area (Å²) in [4.78, 5) is 23.3. The number of thioether (sulfide) groups is 1. The molecule has 1 aromatic heterocycles. The molecule has 248 valence electrons.